The minimum atomic E-state index is -0.00624. The Hall–Kier alpha value is -1.39. The number of Topliss-reactive ketones (excluding diaryl/α,β-unsaturated/α-hetero) is 1. The van der Waals surface area contributed by atoms with E-state index in [2.05, 4.69) is 4.98 Å². The van der Waals surface area contributed by atoms with Crippen molar-refractivity contribution in [3.8, 4) is 5.75 Å². The van der Waals surface area contributed by atoms with Crippen molar-refractivity contribution in [2.75, 3.05) is 6.61 Å². The van der Waals surface area contributed by atoms with Gasteiger partial charge in [0.25, 0.3) is 0 Å². The van der Waals surface area contributed by atoms with Gasteiger partial charge in [0.05, 0.1) is 11.6 Å². The van der Waals surface area contributed by atoms with E-state index in [0.29, 0.717) is 23.7 Å². The zero-order valence-electron chi connectivity index (χ0n) is 9.85. The number of nitrogens with zero attached hydrogens (tertiary/aromatic N) is 1. The van der Waals surface area contributed by atoms with Gasteiger partial charge in [-0.15, -0.1) is 11.3 Å². The van der Waals surface area contributed by atoms with Crippen LogP contribution in [0.2, 0.25) is 5.02 Å². The summed E-state index contributed by atoms with van der Waals surface area (Å²) in [5.74, 6) is 0.735. The van der Waals surface area contributed by atoms with E-state index < -0.39 is 0 Å². The Balaban J connectivity index is 1.86. The number of ether oxygens (including phenoxy) is 1. The van der Waals surface area contributed by atoms with Crippen molar-refractivity contribution in [1.29, 1.82) is 0 Å². The highest BCUT2D eigenvalue weighted by atomic mass is 35.5. The molecule has 0 N–H and O–H groups in total. The molecule has 3 nitrogen and oxygen atoms in total. The Morgan fingerprint density at radius 3 is 3.00 bits per heavy atom. The number of rotatable bonds is 5. The first-order chi connectivity index (χ1) is 8.65. The van der Waals surface area contributed by atoms with Gasteiger partial charge in [-0.2, -0.15) is 0 Å². The smallest absolute Gasteiger partial charge is 0.178 e. The molecule has 1 heterocycles. The van der Waals surface area contributed by atoms with Gasteiger partial charge in [-0.05, 0) is 18.2 Å². The minimum absolute atomic E-state index is 0.00624. The van der Waals surface area contributed by atoms with Crippen molar-refractivity contribution in [3.63, 3.8) is 0 Å². The third kappa shape index (κ3) is 3.55. The number of hydrogen-bond acceptors (Lipinski definition) is 4. The second kappa shape index (κ2) is 5.98. The second-order valence-corrected chi connectivity index (χ2v) is 5.12. The Morgan fingerprint density at radius 1 is 1.50 bits per heavy atom. The molecular weight excluding hydrogens is 270 g/mol. The fourth-order valence-corrected chi connectivity index (χ4v) is 2.40. The Morgan fingerprint density at radius 2 is 2.33 bits per heavy atom. The number of carbonyl (C=O) groups excluding carboxylic acids is 1. The zero-order chi connectivity index (χ0) is 13.0. The van der Waals surface area contributed by atoms with Gasteiger partial charge < -0.3 is 4.74 Å². The van der Waals surface area contributed by atoms with Crippen LogP contribution in [0.5, 0.6) is 5.75 Å². The number of benzene rings is 1. The molecule has 0 saturated carbocycles. The Bertz CT molecular complexity index is 553. The van der Waals surface area contributed by atoms with E-state index >= 15 is 0 Å². The van der Waals surface area contributed by atoms with Gasteiger partial charge in [0.2, 0.25) is 0 Å². The van der Waals surface area contributed by atoms with E-state index in [4.69, 9.17) is 16.3 Å². The maximum atomic E-state index is 11.1. The number of hydrogen-bond donors (Lipinski definition) is 0. The summed E-state index contributed by atoms with van der Waals surface area (Å²) in [4.78, 5) is 15.3. The summed E-state index contributed by atoms with van der Waals surface area (Å²) in [5.41, 5.74) is 0.526. The average molecular weight is 282 g/mol. The molecule has 1 aromatic carbocycles. The van der Waals surface area contributed by atoms with Crippen molar-refractivity contribution in [2.45, 2.75) is 13.3 Å². The second-order valence-electron chi connectivity index (χ2n) is 3.74. The van der Waals surface area contributed by atoms with Crippen LogP contribution in [0.15, 0.2) is 29.6 Å². The van der Waals surface area contributed by atoms with E-state index in [1.807, 2.05) is 12.1 Å². The summed E-state index contributed by atoms with van der Waals surface area (Å²) >= 11 is 7.33. The number of thiazole rings is 1. The van der Waals surface area contributed by atoms with Crippen LogP contribution < -0.4 is 4.74 Å². The van der Waals surface area contributed by atoms with Crippen molar-refractivity contribution in [3.05, 3.63) is 45.4 Å². The molecule has 0 fully saturated rings. The molecule has 0 atom stereocenters. The summed E-state index contributed by atoms with van der Waals surface area (Å²) in [6.07, 6.45) is 0.685. The van der Waals surface area contributed by atoms with Crippen LogP contribution in [0.25, 0.3) is 0 Å². The first-order valence-electron chi connectivity index (χ1n) is 5.49. The van der Waals surface area contributed by atoms with Gasteiger partial charge in [-0.25, -0.2) is 4.98 Å². The van der Waals surface area contributed by atoms with Crippen LogP contribution in [0.4, 0.5) is 0 Å². The van der Waals surface area contributed by atoms with E-state index in [1.165, 1.54) is 18.3 Å². The van der Waals surface area contributed by atoms with Crippen LogP contribution in [0.3, 0.4) is 0 Å². The first kappa shape index (κ1) is 13.1. The fourth-order valence-electron chi connectivity index (χ4n) is 1.40. The van der Waals surface area contributed by atoms with E-state index in [1.54, 1.807) is 17.5 Å². The van der Waals surface area contributed by atoms with Crippen LogP contribution in [0.1, 0.15) is 22.4 Å². The Labute approximate surface area is 114 Å². The summed E-state index contributed by atoms with van der Waals surface area (Å²) in [6.45, 7) is 2.03. The van der Waals surface area contributed by atoms with Gasteiger partial charge in [-0.3, -0.25) is 4.79 Å². The summed E-state index contributed by atoms with van der Waals surface area (Å²) < 4.78 is 5.56. The van der Waals surface area contributed by atoms with Gasteiger partial charge in [-0.1, -0.05) is 17.7 Å². The molecule has 0 aliphatic heterocycles. The highest BCUT2D eigenvalue weighted by Crippen LogP contribution is 2.18. The maximum Gasteiger partial charge on any atom is 0.178 e. The molecule has 18 heavy (non-hydrogen) atoms. The number of halogens is 1. The minimum Gasteiger partial charge on any atom is -0.493 e. The van der Waals surface area contributed by atoms with Gasteiger partial charge in [0.1, 0.15) is 11.4 Å². The number of carbonyl (C=O) groups is 1. The maximum absolute atomic E-state index is 11.1. The number of ketones is 1. The molecule has 0 aliphatic rings. The summed E-state index contributed by atoms with van der Waals surface area (Å²) in [5, 5.41) is 3.33. The topological polar surface area (TPSA) is 39.2 Å². The van der Waals surface area contributed by atoms with Crippen LogP contribution >= 0.6 is 22.9 Å². The average Bonchev–Trinajstić information content (AvgIpc) is 2.78. The van der Waals surface area contributed by atoms with Crippen LogP contribution in [-0.4, -0.2) is 17.4 Å². The van der Waals surface area contributed by atoms with Crippen molar-refractivity contribution in [2.24, 2.45) is 0 Å². The molecular formula is C13H12ClNO2S. The molecule has 0 spiro atoms. The predicted molar refractivity (Wildman–Crippen MR) is 72.8 cm³/mol. The van der Waals surface area contributed by atoms with E-state index in [-0.39, 0.29) is 5.78 Å². The van der Waals surface area contributed by atoms with E-state index in [0.717, 1.165) is 10.8 Å². The van der Waals surface area contributed by atoms with Crippen LogP contribution in [0, 0.1) is 0 Å². The normalized spacial score (nSPS) is 10.3. The predicted octanol–water partition coefficient (Wildman–Crippen LogP) is 3.62. The lowest BCUT2D eigenvalue weighted by Gasteiger charge is -2.04. The molecule has 94 valence electrons. The SMILES string of the molecule is CC(=O)c1csc(CCOc2cccc(Cl)c2)n1. The molecule has 0 unspecified atom stereocenters. The molecule has 0 saturated heterocycles. The van der Waals surface area contributed by atoms with Gasteiger partial charge >= 0.3 is 0 Å². The molecule has 2 rings (SSSR count). The molecule has 0 bridgehead atoms. The van der Waals surface area contributed by atoms with Crippen molar-refractivity contribution in [1.82, 2.24) is 4.98 Å². The largest absolute Gasteiger partial charge is 0.493 e. The van der Waals surface area contributed by atoms with Gasteiger partial charge in [0.15, 0.2) is 5.78 Å². The standard InChI is InChI=1S/C13H12ClNO2S/c1-9(16)12-8-18-13(15-12)5-6-17-11-4-2-3-10(14)7-11/h2-4,7-8H,5-6H2,1H3. The quantitative estimate of drug-likeness (QED) is 0.786. The number of aromatic nitrogens is 1. The lowest BCUT2D eigenvalue weighted by Crippen LogP contribution is -2.01. The summed E-state index contributed by atoms with van der Waals surface area (Å²) in [7, 11) is 0. The zero-order valence-corrected chi connectivity index (χ0v) is 11.4. The van der Waals surface area contributed by atoms with E-state index in [9.17, 15) is 4.79 Å². The third-order valence-electron chi connectivity index (χ3n) is 2.29. The fraction of sp³-hybridized carbons (Fsp3) is 0.231. The molecule has 0 radical (unpaired) electrons. The lowest BCUT2D eigenvalue weighted by molar-refractivity contribution is 0.101. The van der Waals surface area contributed by atoms with Gasteiger partial charge in [0, 0.05) is 23.7 Å². The molecule has 1 aromatic heterocycles. The molecule has 5 heteroatoms. The van der Waals surface area contributed by atoms with Crippen molar-refractivity contribution >= 4 is 28.7 Å². The van der Waals surface area contributed by atoms with Crippen molar-refractivity contribution < 1.29 is 9.53 Å². The molecule has 0 aliphatic carbocycles. The Kier molecular flexibility index (Phi) is 4.33. The summed E-state index contributed by atoms with van der Waals surface area (Å²) in [6, 6.07) is 7.27. The highest BCUT2D eigenvalue weighted by molar-refractivity contribution is 7.09. The lowest BCUT2D eigenvalue weighted by atomic mass is 10.3. The van der Waals surface area contributed by atoms with Crippen LogP contribution in [-0.2, 0) is 6.42 Å². The molecule has 2 aromatic rings. The monoisotopic (exact) mass is 281 g/mol. The molecule has 0 amide bonds. The first-order valence-corrected chi connectivity index (χ1v) is 6.74. The third-order valence-corrected chi connectivity index (χ3v) is 3.44. The highest BCUT2D eigenvalue weighted by Gasteiger charge is 2.06.